The van der Waals surface area contributed by atoms with Crippen molar-refractivity contribution in [1.29, 1.82) is 5.26 Å². The second-order valence-electron chi connectivity index (χ2n) is 5.48. The van der Waals surface area contributed by atoms with E-state index < -0.39 is 0 Å². The molecule has 0 N–H and O–H groups in total. The molecule has 6 nitrogen and oxygen atoms in total. The highest BCUT2D eigenvalue weighted by atomic mass is 16.6. The standard InChI is InChI=1S/C21H21NO5/c1-5-21(23)27-18-8-6-14(11-19(18)25-3)10-16(13-22)15-7-9-17(24-2)20(12-15)26-4/h6-12H,5H2,1-4H3/b16-10-. The van der Waals surface area contributed by atoms with Gasteiger partial charge in [0.05, 0.1) is 33.0 Å². The fraction of sp³-hybridized carbons (Fsp3) is 0.238. The van der Waals surface area contributed by atoms with Crippen LogP contribution in [0.2, 0.25) is 0 Å². The molecule has 27 heavy (non-hydrogen) atoms. The number of hydrogen-bond donors (Lipinski definition) is 0. The zero-order valence-corrected chi connectivity index (χ0v) is 15.7. The number of nitriles is 1. The Bertz CT molecular complexity index is 896. The molecule has 0 heterocycles. The summed E-state index contributed by atoms with van der Waals surface area (Å²) in [5, 5.41) is 9.57. The topological polar surface area (TPSA) is 77.8 Å². The molecule has 0 unspecified atom stereocenters. The first kappa shape index (κ1) is 19.9. The van der Waals surface area contributed by atoms with Crippen molar-refractivity contribution in [1.82, 2.24) is 0 Å². The molecular formula is C21H21NO5. The molecule has 0 saturated carbocycles. The normalized spacial score (nSPS) is 10.7. The Morgan fingerprint density at radius 1 is 0.963 bits per heavy atom. The molecule has 2 aromatic rings. The van der Waals surface area contributed by atoms with Crippen molar-refractivity contribution in [2.75, 3.05) is 21.3 Å². The number of methoxy groups -OCH3 is 3. The lowest BCUT2D eigenvalue weighted by molar-refractivity contribution is -0.134. The van der Waals surface area contributed by atoms with Crippen molar-refractivity contribution >= 4 is 17.6 Å². The Morgan fingerprint density at radius 2 is 1.59 bits per heavy atom. The number of ether oxygens (including phenoxy) is 4. The first-order valence-electron chi connectivity index (χ1n) is 8.29. The van der Waals surface area contributed by atoms with Crippen LogP contribution in [0.25, 0.3) is 11.6 Å². The predicted molar refractivity (Wildman–Crippen MR) is 102 cm³/mol. The average Bonchev–Trinajstić information content (AvgIpc) is 2.72. The number of carbonyl (C=O) groups excluding carboxylic acids is 1. The third-order valence-electron chi connectivity index (χ3n) is 3.83. The Balaban J connectivity index is 2.40. The fourth-order valence-corrected chi connectivity index (χ4v) is 2.40. The predicted octanol–water partition coefficient (Wildman–Crippen LogP) is 4.09. The van der Waals surface area contributed by atoms with E-state index in [0.717, 1.165) is 5.56 Å². The monoisotopic (exact) mass is 367 g/mol. The minimum atomic E-state index is -0.348. The third-order valence-corrected chi connectivity index (χ3v) is 3.83. The van der Waals surface area contributed by atoms with Crippen LogP contribution >= 0.6 is 0 Å². The zero-order valence-electron chi connectivity index (χ0n) is 15.7. The van der Waals surface area contributed by atoms with Crippen LogP contribution < -0.4 is 18.9 Å². The van der Waals surface area contributed by atoms with Gasteiger partial charge in [-0.2, -0.15) is 5.26 Å². The van der Waals surface area contributed by atoms with Crippen LogP contribution in [0.1, 0.15) is 24.5 Å². The Kier molecular flexibility index (Phi) is 6.84. The Hall–Kier alpha value is -3.46. The maximum Gasteiger partial charge on any atom is 0.311 e. The van der Waals surface area contributed by atoms with Gasteiger partial charge in [-0.1, -0.05) is 13.0 Å². The molecule has 6 heteroatoms. The number of nitrogens with zero attached hydrogens (tertiary/aromatic N) is 1. The van der Waals surface area contributed by atoms with Crippen LogP contribution in [0.15, 0.2) is 36.4 Å². The first-order chi connectivity index (χ1) is 13.1. The van der Waals surface area contributed by atoms with E-state index in [1.165, 1.54) is 7.11 Å². The molecule has 0 aromatic heterocycles. The molecule has 0 aliphatic carbocycles. The SMILES string of the molecule is CCC(=O)Oc1ccc(/C=C(/C#N)c2ccc(OC)c(OC)c2)cc1OC. The molecule has 2 aromatic carbocycles. The van der Waals surface area contributed by atoms with Gasteiger partial charge in [-0.25, -0.2) is 0 Å². The van der Waals surface area contributed by atoms with Gasteiger partial charge in [-0.3, -0.25) is 4.79 Å². The number of carbonyl (C=O) groups is 1. The van der Waals surface area contributed by atoms with Crippen molar-refractivity contribution in [3.63, 3.8) is 0 Å². The van der Waals surface area contributed by atoms with Gasteiger partial charge in [-0.05, 0) is 47.5 Å². The summed E-state index contributed by atoms with van der Waals surface area (Å²) >= 11 is 0. The van der Waals surface area contributed by atoms with E-state index in [2.05, 4.69) is 6.07 Å². The molecule has 0 aliphatic rings. The third kappa shape index (κ3) is 4.79. The van der Waals surface area contributed by atoms with Crippen LogP contribution in [0, 0.1) is 11.3 Å². The van der Waals surface area contributed by atoms with Crippen molar-refractivity contribution in [2.45, 2.75) is 13.3 Å². The summed E-state index contributed by atoms with van der Waals surface area (Å²) in [4.78, 5) is 11.5. The van der Waals surface area contributed by atoms with E-state index in [-0.39, 0.29) is 12.4 Å². The van der Waals surface area contributed by atoms with Gasteiger partial charge in [0.2, 0.25) is 0 Å². The van der Waals surface area contributed by atoms with Gasteiger partial charge < -0.3 is 18.9 Å². The fourth-order valence-electron chi connectivity index (χ4n) is 2.40. The molecule has 0 aliphatic heterocycles. The summed E-state index contributed by atoms with van der Waals surface area (Å²) < 4.78 is 21.0. The number of allylic oxidation sites excluding steroid dienone is 1. The highest BCUT2D eigenvalue weighted by Crippen LogP contribution is 2.33. The van der Waals surface area contributed by atoms with Gasteiger partial charge in [-0.15, -0.1) is 0 Å². The van der Waals surface area contributed by atoms with E-state index in [4.69, 9.17) is 18.9 Å². The van der Waals surface area contributed by atoms with E-state index in [1.54, 1.807) is 63.6 Å². The number of rotatable bonds is 7. The second kappa shape index (κ2) is 9.30. The van der Waals surface area contributed by atoms with Crippen LogP contribution in [-0.2, 0) is 4.79 Å². The van der Waals surface area contributed by atoms with Gasteiger partial charge in [0.15, 0.2) is 23.0 Å². The lowest BCUT2D eigenvalue weighted by atomic mass is 10.0. The van der Waals surface area contributed by atoms with Crippen LogP contribution in [-0.4, -0.2) is 27.3 Å². The Labute approximate surface area is 158 Å². The smallest absolute Gasteiger partial charge is 0.311 e. The quantitative estimate of drug-likeness (QED) is 0.317. The highest BCUT2D eigenvalue weighted by molar-refractivity contribution is 5.90. The molecule has 0 saturated heterocycles. The Morgan fingerprint density at radius 3 is 2.19 bits per heavy atom. The number of esters is 1. The van der Waals surface area contributed by atoms with Gasteiger partial charge >= 0.3 is 5.97 Å². The number of benzene rings is 2. The summed E-state index contributed by atoms with van der Waals surface area (Å²) in [6.45, 7) is 1.72. The van der Waals surface area contributed by atoms with E-state index in [1.807, 2.05) is 0 Å². The van der Waals surface area contributed by atoms with Crippen LogP contribution in [0.5, 0.6) is 23.0 Å². The summed E-state index contributed by atoms with van der Waals surface area (Å²) in [6.07, 6.45) is 1.98. The zero-order chi connectivity index (χ0) is 19.8. The van der Waals surface area contributed by atoms with Gasteiger partial charge in [0.25, 0.3) is 0 Å². The minimum absolute atomic E-state index is 0.267. The van der Waals surface area contributed by atoms with Crippen molar-refractivity contribution in [2.24, 2.45) is 0 Å². The maximum absolute atomic E-state index is 11.5. The molecule has 140 valence electrons. The summed E-state index contributed by atoms with van der Waals surface area (Å²) in [6, 6.07) is 12.5. The summed E-state index contributed by atoms with van der Waals surface area (Å²) in [5.41, 5.74) is 1.86. The summed E-state index contributed by atoms with van der Waals surface area (Å²) in [5.74, 6) is 1.53. The maximum atomic E-state index is 11.5. The molecular weight excluding hydrogens is 346 g/mol. The first-order valence-corrected chi connectivity index (χ1v) is 8.29. The van der Waals surface area contributed by atoms with Crippen molar-refractivity contribution in [3.8, 4) is 29.1 Å². The molecule has 0 atom stereocenters. The van der Waals surface area contributed by atoms with Crippen molar-refractivity contribution < 1.29 is 23.7 Å². The lowest BCUT2D eigenvalue weighted by Gasteiger charge is -2.10. The van der Waals surface area contributed by atoms with Crippen LogP contribution in [0.4, 0.5) is 0 Å². The highest BCUT2D eigenvalue weighted by Gasteiger charge is 2.11. The van der Waals surface area contributed by atoms with E-state index >= 15 is 0 Å². The van der Waals surface area contributed by atoms with E-state index in [0.29, 0.717) is 34.1 Å². The van der Waals surface area contributed by atoms with Gasteiger partial charge in [0, 0.05) is 6.42 Å². The second-order valence-corrected chi connectivity index (χ2v) is 5.48. The van der Waals surface area contributed by atoms with Crippen molar-refractivity contribution in [3.05, 3.63) is 47.5 Å². The van der Waals surface area contributed by atoms with E-state index in [9.17, 15) is 10.1 Å². The summed E-state index contributed by atoms with van der Waals surface area (Å²) in [7, 11) is 4.59. The average molecular weight is 367 g/mol. The molecule has 0 bridgehead atoms. The molecule has 0 spiro atoms. The van der Waals surface area contributed by atoms with Crippen LogP contribution in [0.3, 0.4) is 0 Å². The van der Waals surface area contributed by atoms with Gasteiger partial charge in [0.1, 0.15) is 0 Å². The molecule has 0 fully saturated rings. The molecule has 0 radical (unpaired) electrons. The largest absolute Gasteiger partial charge is 0.493 e. The molecule has 0 amide bonds. The molecule has 2 rings (SSSR count). The minimum Gasteiger partial charge on any atom is -0.493 e. The number of hydrogen-bond acceptors (Lipinski definition) is 6. The lowest BCUT2D eigenvalue weighted by Crippen LogP contribution is -2.06.